The van der Waals surface area contributed by atoms with Crippen molar-refractivity contribution in [3.05, 3.63) is 70.3 Å². The van der Waals surface area contributed by atoms with Gasteiger partial charge in [-0.25, -0.2) is 0 Å². The summed E-state index contributed by atoms with van der Waals surface area (Å²) in [5, 5.41) is 0. The Labute approximate surface area is 139 Å². The molecule has 0 radical (unpaired) electrons. The fraction of sp³-hybridized carbons (Fsp3) is 0.381. The Morgan fingerprint density at radius 2 is 1.65 bits per heavy atom. The van der Waals surface area contributed by atoms with Gasteiger partial charge in [0.2, 0.25) is 0 Å². The van der Waals surface area contributed by atoms with Crippen LogP contribution in [0.1, 0.15) is 51.9 Å². The number of hydrogen-bond acceptors (Lipinski definition) is 2. The molecule has 3 rings (SSSR count). The monoisotopic (exact) mass is 307 g/mol. The Morgan fingerprint density at radius 1 is 0.957 bits per heavy atom. The van der Waals surface area contributed by atoms with Crippen LogP contribution in [0.3, 0.4) is 0 Å². The fourth-order valence-electron chi connectivity index (χ4n) is 3.29. The van der Waals surface area contributed by atoms with Crippen molar-refractivity contribution >= 4 is 5.78 Å². The number of benzene rings is 2. The highest BCUT2D eigenvalue weighted by molar-refractivity contribution is 6.10. The second kappa shape index (κ2) is 7.10. The molecule has 0 unspecified atom stereocenters. The molecule has 0 atom stereocenters. The zero-order valence-corrected chi connectivity index (χ0v) is 14.1. The maximum absolute atomic E-state index is 12.7. The van der Waals surface area contributed by atoms with Gasteiger partial charge in [-0.05, 0) is 56.5 Å². The van der Waals surface area contributed by atoms with Crippen LogP contribution in [0.5, 0.6) is 0 Å². The first-order chi connectivity index (χ1) is 11.1. The molecule has 0 bridgehead atoms. The van der Waals surface area contributed by atoms with E-state index in [-0.39, 0.29) is 5.78 Å². The number of carbonyl (C=O) groups excluding carboxylic acids is 1. The minimum absolute atomic E-state index is 0.121. The predicted octanol–water partition coefficient (Wildman–Crippen LogP) is 4.52. The molecule has 0 spiro atoms. The molecule has 0 amide bonds. The quantitative estimate of drug-likeness (QED) is 0.774. The molecule has 0 aromatic heterocycles. The molecule has 2 aromatic carbocycles. The second-order valence-electron chi connectivity index (χ2n) is 6.61. The summed E-state index contributed by atoms with van der Waals surface area (Å²) in [6.07, 6.45) is 3.98. The van der Waals surface area contributed by atoms with E-state index in [9.17, 15) is 4.79 Å². The van der Waals surface area contributed by atoms with E-state index in [1.807, 2.05) is 44.2 Å². The zero-order valence-electron chi connectivity index (χ0n) is 14.1. The van der Waals surface area contributed by atoms with Crippen LogP contribution in [0, 0.1) is 13.8 Å². The van der Waals surface area contributed by atoms with Crippen LogP contribution < -0.4 is 0 Å². The summed E-state index contributed by atoms with van der Waals surface area (Å²) < 4.78 is 0. The molecule has 2 aromatic rings. The Kier molecular flexibility index (Phi) is 4.92. The first-order valence-corrected chi connectivity index (χ1v) is 8.57. The van der Waals surface area contributed by atoms with E-state index < -0.39 is 0 Å². The van der Waals surface area contributed by atoms with E-state index >= 15 is 0 Å². The number of carbonyl (C=O) groups is 1. The molecule has 1 fully saturated rings. The number of ketones is 1. The van der Waals surface area contributed by atoms with Crippen molar-refractivity contribution in [3.63, 3.8) is 0 Å². The summed E-state index contributed by atoms with van der Waals surface area (Å²) in [6.45, 7) is 7.46. The van der Waals surface area contributed by atoms with Crippen molar-refractivity contribution in [3.8, 4) is 0 Å². The largest absolute Gasteiger partial charge is 0.299 e. The van der Waals surface area contributed by atoms with Gasteiger partial charge in [-0.15, -0.1) is 0 Å². The van der Waals surface area contributed by atoms with E-state index in [0.29, 0.717) is 0 Å². The van der Waals surface area contributed by atoms with E-state index in [2.05, 4.69) is 17.0 Å². The van der Waals surface area contributed by atoms with Crippen LogP contribution in [-0.4, -0.2) is 23.8 Å². The molecule has 1 aliphatic heterocycles. The number of likely N-dealkylation sites (tertiary alicyclic amines) is 1. The average molecular weight is 307 g/mol. The van der Waals surface area contributed by atoms with Crippen LogP contribution in [0.4, 0.5) is 0 Å². The molecule has 0 N–H and O–H groups in total. The normalized spacial score (nSPS) is 15.6. The van der Waals surface area contributed by atoms with Gasteiger partial charge in [-0.2, -0.15) is 0 Å². The van der Waals surface area contributed by atoms with Crippen molar-refractivity contribution < 1.29 is 4.79 Å². The Hall–Kier alpha value is -1.93. The number of aryl methyl sites for hydroxylation is 1. The molecular weight excluding hydrogens is 282 g/mol. The van der Waals surface area contributed by atoms with Gasteiger partial charge in [-0.3, -0.25) is 9.69 Å². The van der Waals surface area contributed by atoms with Crippen molar-refractivity contribution in [1.82, 2.24) is 4.90 Å². The predicted molar refractivity (Wildman–Crippen MR) is 94.9 cm³/mol. The lowest BCUT2D eigenvalue weighted by Crippen LogP contribution is -2.29. The molecule has 1 heterocycles. The summed E-state index contributed by atoms with van der Waals surface area (Å²) >= 11 is 0. The molecule has 1 saturated heterocycles. The van der Waals surface area contributed by atoms with Crippen molar-refractivity contribution in [2.24, 2.45) is 0 Å². The van der Waals surface area contributed by atoms with Crippen LogP contribution in [0.25, 0.3) is 0 Å². The number of nitrogens with zero attached hydrogens (tertiary/aromatic N) is 1. The summed E-state index contributed by atoms with van der Waals surface area (Å²) in [4.78, 5) is 15.2. The van der Waals surface area contributed by atoms with Crippen LogP contribution >= 0.6 is 0 Å². The molecule has 1 aliphatic rings. The number of rotatable bonds is 4. The first kappa shape index (κ1) is 15.9. The van der Waals surface area contributed by atoms with E-state index in [1.165, 1.54) is 37.9 Å². The Bertz CT molecular complexity index is 681. The molecule has 0 saturated carbocycles. The van der Waals surface area contributed by atoms with E-state index in [1.54, 1.807) is 0 Å². The van der Waals surface area contributed by atoms with Crippen LogP contribution in [0.15, 0.2) is 42.5 Å². The minimum atomic E-state index is 0.121. The van der Waals surface area contributed by atoms with Gasteiger partial charge in [0.1, 0.15) is 0 Å². The van der Waals surface area contributed by atoms with Gasteiger partial charge in [-0.1, -0.05) is 48.9 Å². The maximum atomic E-state index is 12.7. The maximum Gasteiger partial charge on any atom is 0.193 e. The van der Waals surface area contributed by atoms with Gasteiger partial charge >= 0.3 is 0 Å². The van der Waals surface area contributed by atoms with E-state index in [4.69, 9.17) is 0 Å². The molecule has 23 heavy (non-hydrogen) atoms. The van der Waals surface area contributed by atoms with Crippen molar-refractivity contribution in [2.75, 3.05) is 13.1 Å². The zero-order chi connectivity index (χ0) is 16.2. The lowest BCUT2D eigenvalue weighted by molar-refractivity contribution is 0.103. The smallest absolute Gasteiger partial charge is 0.193 e. The van der Waals surface area contributed by atoms with Crippen molar-refractivity contribution in [1.29, 1.82) is 0 Å². The SMILES string of the molecule is Cc1cccc(C(=O)c2ccc(CN3CCCCC3)cc2)c1C. The summed E-state index contributed by atoms with van der Waals surface area (Å²) in [5.74, 6) is 0.121. The average Bonchev–Trinajstić information content (AvgIpc) is 2.58. The second-order valence-corrected chi connectivity index (χ2v) is 6.61. The topological polar surface area (TPSA) is 20.3 Å². The summed E-state index contributed by atoms with van der Waals surface area (Å²) in [7, 11) is 0. The third-order valence-corrected chi connectivity index (χ3v) is 4.92. The van der Waals surface area contributed by atoms with Crippen LogP contribution in [-0.2, 0) is 6.54 Å². The van der Waals surface area contributed by atoms with E-state index in [0.717, 1.165) is 28.8 Å². The molecule has 2 heteroatoms. The van der Waals surface area contributed by atoms with Crippen molar-refractivity contribution in [2.45, 2.75) is 39.7 Å². The lowest BCUT2D eigenvalue weighted by atomic mass is 9.95. The number of piperidine rings is 1. The van der Waals surface area contributed by atoms with Gasteiger partial charge in [0.15, 0.2) is 5.78 Å². The third kappa shape index (κ3) is 3.70. The van der Waals surface area contributed by atoms with Gasteiger partial charge in [0.05, 0.1) is 0 Å². The summed E-state index contributed by atoms with van der Waals surface area (Å²) in [6, 6.07) is 14.1. The highest BCUT2D eigenvalue weighted by atomic mass is 16.1. The van der Waals surface area contributed by atoms with Gasteiger partial charge in [0, 0.05) is 17.7 Å². The van der Waals surface area contributed by atoms with Gasteiger partial charge in [0.25, 0.3) is 0 Å². The first-order valence-electron chi connectivity index (χ1n) is 8.57. The Morgan fingerprint density at radius 3 is 2.35 bits per heavy atom. The Balaban J connectivity index is 1.73. The highest BCUT2D eigenvalue weighted by Gasteiger charge is 2.14. The lowest BCUT2D eigenvalue weighted by Gasteiger charge is -2.26. The third-order valence-electron chi connectivity index (χ3n) is 4.92. The molecule has 0 aliphatic carbocycles. The molecule has 2 nitrogen and oxygen atoms in total. The number of hydrogen-bond donors (Lipinski definition) is 0. The minimum Gasteiger partial charge on any atom is -0.299 e. The highest BCUT2D eigenvalue weighted by Crippen LogP contribution is 2.19. The van der Waals surface area contributed by atoms with Crippen LogP contribution in [0.2, 0.25) is 0 Å². The van der Waals surface area contributed by atoms with Gasteiger partial charge < -0.3 is 0 Å². The molecule has 120 valence electrons. The standard InChI is InChI=1S/C21H25NO/c1-16-7-6-8-20(17(16)2)21(23)19-11-9-18(10-12-19)15-22-13-4-3-5-14-22/h6-12H,3-5,13-15H2,1-2H3. The fourth-order valence-corrected chi connectivity index (χ4v) is 3.29. The molecular formula is C21H25NO. The summed E-state index contributed by atoms with van der Waals surface area (Å²) in [5.41, 5.74) is 5.13.